The highest BCUT2D eigenvalue weighted by molar-refractivity contribution is 7.92. The highest BCUT2D eigenvalue weighted by atomic mass is 35.5. The number of imidazole rings is 1. The lowest BCUT2D eigenvalue weighted by Gasteiger charge is -2.20. The minimum Gasteiger partial charge on any atom is -0.423 e. The lowest BCUT2D eigenvalue weighted by atomic mass is 10.3. The van der Waals surface area contributed by atoms with Gasteiger partial charge in [0.2, 0.25) is 0 Å². The summed E-state index contributed by atoms with van der Waals surface area (Å²) in [5.74, 6) is -1.28. The number of sulfonamides is 1. The summed E-state index contributed by atoms with van der Waals surface area (Å²) in [6.07, 6.45) is 4.50. The third-order valence-corrected chi connectivity index (χ3v) is 7.38. The zero-order chi connectivity index (χ0) is 22.9. The molecule has 0 saturated heterocycles. The van der Waals surface area contributed by atoms with Crippen LogP contribution in [0.2, 0.25) is 5.15 Å². The summed E-state index contributed by atoms with van der Waals surface area (Å²) in [7, 11) is -2.78. The smallest absolute Gasteiger partial charge is 0.336 e. The van der Waals surface area contributed by atoms with Gasteiger partial charge < -0.3 is 4.74 Å². The third-order valence-electron chi connectivity index (χ3n) is 4.53. The number of anilines is 1. The molecule has 0 atom stereocenters. The van der Waals surface area contributed by atoms with Crippen LogP contribution < -0.4 is 9.04 Å². The van der Waals surface area contributed by atoms with Gasteiger partial charge in [0.15, 0.2) is 10.1 Å². The fourth-order valence-electron chi connectivity index (χ4n) is 2.89. The topological polar surface area (TPSA) is 81.0 Å². The van der Waals surface area contributed by atoms with Crippen molar-refractivity contribution in [3.8, 4) is 5.75 Å². The first-order valence-corrected chi connectivity index (χ1v) is 11.8. The van der Waals surface area contributed by atoms with E-state index in [9.17, 15) is 17.6 Å². The molecule has 2 aromatic heterocycles. The van der Waals surface area contributed by atoms with E-state index in [0.29, 0.717) is 10.7 Å². The number of carbonyl (C=O) groups is 1. The largest absolute Gasteiger partial charge is 0.423 e. The monoisotopic (exact) mass is 491 g/mol. The summed E-state index contributed by atoms with van der Waals surface area (Å²) in [5, 5.41) is 2.11. The minimum absolute atomic E-state index is 0.208. The molecular weight excluding hydrogens is 477 g/mol. The van der Waals surface area contributed by atoms with Gasteiger partial charge in [-0.15, -0.1) is 11.3 Å². The molecule has 0 amide bonds. The van der Waals surface area contributed by atoms with Gasteiger partial charge in [0, 0.05) is 24.7 Å². The van der Waals surface area contributed by atoms with Crippen LogP contribution in [0, 0.1) is 5.82 Å². The second-order valence-corrected chi connectivity index (χ2v) is 9.66. The Balaban J connectivity index is 1.47. The average molecular weight is 492 g/mol. The van der Waals surface area contributed by atoms with Crippen molar-refractivity contribution < 1.29 is 22.3 Å². The van der Waals surface area contributed by atoms with Crippen molar-refractivity contribution >= 4 is 55.7 Å². The van der Waals surface area contributed by atoms with Crippen molar-refractivity contribution in [2.24, 2.45) is 0 Å². The number of carbonyl (C=O) groups excluding carboxylic acids is 1. The molecule has 0 aliphatic heterocycles. The van der Waals surface area contributed by atoms with Gasteiger partial charge in [0.25, 0.3) is 10.0 Å². The van der Waals surface area contributed by atoms with E-state index in [2.05, 4.69) is 4.98 Å². The lowest BCUT2D eigenvalue weighted by Crippen LogP contribution is -2.27. The van der Waals surface area contributed by atoms with Crippen LogP contribution in [0.25, 0.3) is 11.0 Å². The van der Waals surface area contributed by atoms with Gasteiger partial charge in [-0.1, -0.05) is 23.7 Å². The Morgan fingerprint density at radius 1 is 1.22 bits per heavy atom. The van der Waals surface area contributed by atoms with E-state index in [4.69, 9.17) is 16.3 Å². The molecule has 4 aromatic rings. The maximum atomic E-state index is 14.0. The molecular formula is C21H15ClFN3O4S2. The Hall–Kier alpha value is -3.21. The number of benzene rings is 2. The number of aromatic nitrogens is 2. The fraction of sp³-hybridized carbons (Fsp3) is 0.0476. The van der Waals surface area contributed by atoms with Crippen LogP contribution in [0.15, 0.2) is 71.1 Å². The van der Waals surface area contributed by atoms with Crippen LogP contribution in [0.5, 0.6) is 5.75 Å². The third kappa shape index (κ3) is 4.24. The molecule has 11 heteroatoms. The SMILES string of the molecule is CN(c1ccc(OC(=O)/C=C/c2c(Cl)nc3sccn23)cc1)S(=O)(=O)c1ccccc1F. The van der Waals surface area contributed by atoms with E-state index in [1.807, 2.05) is 5.38 Å². The first kappa shape index (κ1) is 22.0. The van der Waals surface area contributed by atoms with Crippen LogP contribution in [-0.4, -0.2) is 30.8 Å². The number of esters is 1. The zero-order valence-corrected chi connectivity index (χ0v) is 18.9. The Bertz CT molecular complexity index is 1430. The summed E-state index contributed by atoms with van der Waals surface area (Å²) in [5.41, 5.74) is 0.824. The molecule has 0 saturated carbocycles. The van der Waals surface area contributed by atoms with Crippen LogP contribution in [0.1, 0.15) is 5.69 Å². The highest BCUT2D eigenvalue weighted by Gasteiger charge is 2.24. The highest BCUT2D eigenvalue weighted by Crippen LogP contribution is 2.26. The molecule has 0 fully saturated rings. The number of nitrogens with zero attached hydrogens (tertiary/aromatic N) is 3. The number of rotatable bonds is 6. The van der Waals surface area contributed by atoms with Gasteiger partial charge in [0.1, 0.15) is 16.5 Å². The Morgan fingerprint density at radius 3 is 2.66 bits per heavy atom. The molecule has 7 nitrogen and oxygen atoms in total. The van der Waals surface area contributed by atoms with Gasteiger partial charge in [-0.3, -0.25) is 8.71 Å². The number of thiazole rings is 1. The second kappa shape index (κ2) is 8.73. The van der Waals surface area contributed by atoms with E-state index in [-0.39, 0.29) is 16.6 Å². The molecule has 0 bridgehead atoms. The lowest BCUT2D eigenvalue weighted by molar-refractivity contribution is -0.128. The zero-order valence-electron chi connectivity index (χ0n) is 16.5. The predicted molar refractivity (Wildman–Crippen MR) is 121 cm³/mol. The predicted octanol–water partition coefficient (Wildman–Crippen LogP) is 4.63. The molecule has 2 heterocycles. The summed E-state index contributed by atoms with van der Waals surface area (Å²) >= 11 is 7.50. The van der Waals surface area contributed by atoms with Gasteiger partial charge in [-0.25, -0.2) is 22.6 Å². The van der Waals surface area contributed by atoms with E-state index in [1.54, 1.807) is 10.6 Å². The van der Waals surface area contributed by atoms with Crippen molar-refractivity contribution in [2.75, 3.05) is 11.4 Å². The molecule has 4 rings (SSSR count). The quantitative estimate of drug-likeness (QED) is 0.223. The van der Waals surface area contributed by atoms with Crippen molar-refractivity contribution in [2.45, 2.75) is 4.90 Å². The van der Waals surface area contributed by atoms with E-state index in [1.165, 1.54) is 73.0 Å². The van der Waals surface area contributed by atoms with Crippen molar-refractivity contribution in [1.82, 2.24) is 9.38 Å². The maximum absolute atomic E-state index is 14.0. The van der Waals surface area contributed by atoms with Gasteiger partial charge in [0.05, 0.1) is 11.4 Å². The van der Waals surface area contributed by atoms with Crippen LogP contribution in [0.3, 0.4) is 0 Å². The van der Waals surface area contributed by atoms with E-state index >= 15 is 0 Å². The summed E-state index contributed by atoms with van der Waals surface area (Å²) in [4.78, 5) is 16.6. The minimum atomic E-state index is -4.09. The van der Waals surface area contributed by atoms with Crippen LogP contribution in [0.4, 0.5) is 10.1 Å². The first-order chi connectivity index (χ1) is 15.3. The van der Waals surface area contributed by atoms with E-state index in [0.717, 1.165) is 10.4 Å². The maximum Gasteiger partial charge on any atom is 0.336 e. The first-order valence-electron chi connectivity index (χ1n) is 9.12. The molecule has 0 aliphatic carbocycles. The molecule has 0 unspecified atom stereocenters. The number of halogens is 2. The number of ether oxygens (including phenoxy) is 1. The van der Waals surface area contributed by atoms with Gasteiger partial charge in [-0.05, 0) is 42.5 Å². The number of fused-ring (bicyclic) bond motifs is 1. The Labute approximate surface area is 192 Å². The molecule has 0 N–H and O–H groups in total. The number of hydrogen-bond donors (Lipinski definition) is 0. The second-order valence-electron chi connectivity index (χ2n) is 6.49. The van der Waals surface area contributed by atoms with Crippen LogP contribution in [-0.2, 0) is 14.8 Å². The average Bonchev–Trinajstić information content (AvgIpc) is 3.33. The van der Waals surface area contributed by atoms with Crippen LogP contribution >= 0.6 is 22.9 Å². The van der Waals surface area contributed by atoms with Gasteiger partial charge >= 0.3 is 5.97 Å². The fourth-order valence-corrected chi connectivity index (χ4v) is 5.15. The standard InChI is InChI=1S/C21H15ClFN3O4S2/c1-25(32(28,29)18-5-3-2-4-16(18)23)14-6-8-15(9-7-14)30-19(27)11-10-17-20(22)24-21-26(17)12-13-31-21/h2-13H,1H3/b11-10+. The molecule has 2 aromatic carbocycles. The summed E-state index contributed by atoms with van der Waals surface area (Å²) in [6, 6.07) is 10.9. The molecule has 164 valence electrons. The van der Waals surface area contributed by atoms with E-state index < -0.39 is 26.7 Å². The van der Waals surface area contributed by atoms with Gasteiger partial charge in [-0.2, -0.15) is 0 Å². The Kier molecular flexibility index (Phi) is 6.00. The van der Waals surface area contributed by atoms with Crippen molar-refractivity contribution in [3.63, 3.8) is 0 Å². The molecule has 32 heavy (non-hydrogen) atoms. The number of hydrogen-bond acceptors (Lipinski definition) is 6. The normalized spacial score (nSPS) is 11.8. The molecule has 0 aliphatic rings. The molecule has 0 radical (unpaired) electrons. The summed E-state index contributed by atoms with van der Waals surface area (Å²) in [6.45, 7) is 0. The Morgan fingerprint density at radius 2 is 1.94 bits per heavy atom. The van der Waals surface area contributed by atoms with Crippen molar-refractivity contribution in [3.05, 3.63) is 82.8 Å². The molecule has 0 spiro atoms. The summed E-state index contributed by atoms with van der Waals surface area (Å²) < 4.78 is 47.3. The van der Waals surface area contributed by atoms with Crippen molar-refractivity contribution in [1.29, 1.82) is 0 Å².